The predicted octanol–water partition coefficient (Wildman–Crippen LogP) is 4.87. The first-order valence-electron chi connectivity index (χ1n) is 9.90. The van der Waals surface area contributed by atoms with Crippen LogP contribution in [0.5, 0.6) is 5.75 Å². The Hall–Kier alpha value is -2.35. The number of nitrogens with one attached hydrogen (secondary N) is 1. The molecule has 0 aliphatic carbocycles. The van der Waals surface area contributed by atoms with Crippen molar-refractivity contribution >= 4 is 38.8 Å². The highest BCUT2D eigenvalue weighted by atomic mass is 35.5. The van der Waals surface area contributed by atoms with Crippen molar-refractivity contribution in [3.05, 3.63) is 47.0 Å². The number of fused-ring (bicyclic) bond motifs is 1. The summed E-state index contributed by atoms with van der Waals surface area (Å²) in [5, 5.41) is 1.06. The summed E-state index contributed by atoms with van der Waals surface area (Å²) in [5.74, 6) is 0.562. The van der Waals surface area contributed by atoms with E-state index in [0.29, 0.717) is 51.6 Å². The molecule has 0 radical (unpaired) electrons. The van der Waals surface area contributed by atoms with Gasteiger partial charge in [-0.2, -0.15) is 4.31 Å². The van der Waals surface area contributed by atoms with Gasteiger partial charge in [0.15, 0.2) is 6.29 Å². The van der Waals surface area contributed by atoms with E-state index in [2.05, 4.69) is 4.98 Å². The number of hydrogen-bond acceptors (Lipinski definition) is 4. The Bertz CT molecular complexity index is 1200. The number of carbonyl (C=O) groups excluding carboxylic acids is 1. The third kappa shape index (κ3) is 3.73. The van der Waals surface area contributed by atoms with Gasteiger partial charge in [-0.25, -0.2) is 8.42 Å². The lowest BCUT2D eigenvalue weighted by Gasteiger charge is -2.20. The summed E-state index contributed by atoms with van der Waals surface area (Å²) >= 11 is 6.16. The molecule has 0 amide bonds. The van der Waals surface area contributed by atoms with Crippen molar-refractivity contribution in [1.29, 1.82) is 0 Å². The van der Waals surface area contributed by atoms with Crippen molar-refractivity contribution in [3.63, 3.8) is 0 Å². The number of aromatic amines is 1. The monoisotopic (exact) mass is 446 g/mol. The molecule has 1 saturated heterocycles. The molecule has 1 aromatic heterocycles. The van der Waals surface area contributed by atoms with Crippen LogP contribution in [0.1, 0.15) is 36.0 Å². The maximum Gasteiger partial charge on any atom is 0.243 e. The highest BCUT2D eigenvalue weighted by Crippen LogP contribution is 2.37. The number of aldehydes is 1. The number of carbonyl (C=O) groups is 1. The Morgan fingerprint density at radius 1 is 1.07 bits per heavy atom. The van der Waals surface area contributed by atoms with E-state index in [4.69, 9.17) is 16.3 Å². The number of hydrogen-bond donors (Lipinski definition) is 1. The van der Waals surface area contributed by atoms with Gasteiger partial charge in [0.05, 0.1) is 17.7 Å². The number of H-pyrrole nitrogens is 1. The van der Waals surface area contributed by atoms with Crippen molar-refractivity contribution in [2.75, 3.05) is 20.2 Å². The molecular weight excluding hydrogens is 424 g/mol. The molecule has 0 saturated carbocycles. The van der Waals surface area contributed by atoms with Crippen molar-refractivity contribution in [2.45, 2.75) is 30.6 Å². The lowest BCUT2D eigenvalue weighted by molar-refractivity contribution is 0.112. The number of ether oxygens (including phenoxy) is 1. The molecule has 4 rings (SSSR count). The first-order chi connectivity index (χ1) is 14.5. The first-order valence-corrected chi connectivity index (χ1v) is 11.7. The zero-order valence-corrected chi connectivity index (χ0v) is 18.2. The first kappa shape index (κ1) is 20.9. The third-order valence-corrected chi connectivity index (χ3v) is 7.69. The lowest BCUT2D eigenvalue weighted by atomic mass is 10.1. The largest absolute Gasteiger partial charge is 0.496 e. The molecule has 1 aliphatic rings. The summed E-state index contributed by atoms with van der Waals surface area (Å²) in [5.41, 5.74) is 2.23. The SMILES string of the molecule is COc1ccc(Cl)cc1-c1[nH]c2ccc(S(=O)(=O)N3CCCCCC3)cc2c1C=O. The van der Waals surface area contributed by atoms with Crippen molar-refractivity contribution in [3.8, 4) is 17.0 Å². The van der Waals surface area contributed by atoms with E-state index in [0.717, 1.165) is 32.0 Å². The Morgan fingerprint density at radius 3 is 2.47 bits per heavy atom. The Kier molecular flexibility index (Phi) is 5.86. The van der Waals surface area contributed by atoms with Gasteiger partial charge in [0.25, 0.3) is 0 Å². The molecular formula is C22H23ClN2O4S. The molecule has 0 unspecified atom stereocenters. The van der Waals surface area contributed by atoms with Crippen LogP contribution in [0.15, 0.2) is 41.3 Å². The van der Waals surface area contributed by atoms with Gasteiger partial charge in [0.2, 0.25) is 10.0 Å². The number of halogens is 1. The fourth-order valence-corrected chi connectivity index (χ4v) is 5.71. The second-order valence-corrected chi connectivity index (χ2v) is 9.78. The maximum atomic E-state index is 13.2. The van der Waals surface area contributed by atoms with Crippen LogP contribution < -0.4 is 4.74 Å². The van der Waals surface area contributed by atoms with E-state index >= 15 is 0 Å². The number of nitrogens with zero attached hydrogens (tertiary/aromatic N) is 1. The van der Waals surface area contributed by atoms with Gasteiger partial charge in [-0.3, -0.25) is 4.79 Å². The molecule has 3 aromatic rings. The fourth-order valence-electron chi connectivity index (χ4n) is 3.99. The van der Waals surface area contributed by atoms with Crippen LogP contribution in [-0.2, 0) is 10.0 Å². The molecule has 2 aromatic carbocycles. The Labute approximate surface area is 180 Å². The molecule has 0 bridgehead atoms. The normalized spacial score (nSPS) is 15.8. The highest BCUT2D eigenvalue weighted by molar-refractivity contribution is 7.89. The van der Waals surface area contributed by atoms with Gasteiger partial charge in [-0.15, -0.1) is 0 Å². The molecule has 158 valence electrons. The zero-order chi connectivity index (χ0) is 21.3. The standard InChI is InChI=1S/C22H23ClN2O4S/c1-29-21-9-6-15(23)12-18(21)22-19(14-26)17-13-16(7-8-20(17)24-22)30(27,28)25-10-4-2-3-5-11-25/h6-9,12-14,24H,2-5,10-11H2,1H3. The minimum Gasteiger partial charge on any atom is -0.496 e. The van der Waals surface area contributed by atoms with Gasteiger partial charge in [-0.1, -0.05) is 24.4 Å². The minimum atomic E-state index is -3.62. The van der Waals surface area contributed by atoms with Crippen molar-refractivity contribution < 1.29 is 17.9 Å². The van der Waals surface area contributed by atoms with Crippen LogP contribution in [0.3, 0.4) is 0 Å². The second kappa shape index (κ2) is 8.41. The van der Waals surface area contributed by atoms with E-state index in [1.165, 1.54) is 0 Å². The maximum absolute atomic E-state index is 13.2. The van der Waals surface area contributed by atoms with Crippen LogP contribution in [0.4, 0.5) is 0 Å². The quantitative estimate of drug-likeness (QED) is 0.567. The lowest BCUT2D eigenvalue weighted by Crippen LogP contribution is -2.31. The summed E-state index contributed by atoms with van der Waals surface area (Å²) in [6.07, 6.45) is 4.55. The van der Waals surface area contributed by atoms with Crippen LogP contribution >= 0.6 is 11.6 Å². The highest BCUT2D eigenvalue weighted by Gasteiger charge is 2.26. The van der Waals surface area contributed by atoms with Gasteiger partial charge < -0.3 is 9.72 Å². The third-order valence-electron chi connectivity index (χ3n) is 5.56. The Morgan fingerprint density at radius 2 is 1.80 bits per heavy atom. The van der Waals surface area contributed by atoms with E-state index in [1.54, 1.807) is 47.8 Å². The van der Waals surface area contributed by atoms with Crippen molar-refractivity contribution in [1.82, 2.24) is 9.29 Å². The van der Waals surface area contributed by atoms with E-state index in [1.807, 2.05) is 0 Å². The fraction of sp³-hybridized carbons (Fsp3) is 0.318. The van der Waals surface area contributed by atoms with E-state index in [-0.39, 0.29) is 4.90 Å². The molecule has 30 heavy (non-hydrogen) atoms. The van der Waals surface area contributed by atoms with Crippen LogP contribution in [0, 0.1) is 0 Å². The average Bonchev–Trinajstić information content (AvgIpc) is 2.89. The summed E-state index contributed by atoms with van der Waals surface area (Å²) in [6.45, 7) is 1.05. The van der Waals surface area contributed by atoms with Gasteiger partial charge in [0.1, 0.15) is 5.75 Å². The van der Waals surface area contributed by atoms with Crippen molar-refractivity contribution in [2.24, 2.45) is 0 Å². The number of aromatic nitrogens is 1. The molecule has 2 heterocycles. The van der Waals surface area contributed by atoms with Gasteiger partial charge >= 0.3 is 0 Å². The predicted molar refractivity (Wildman–Crippen MR) is 118 cm³/mol. The second-order valence-electron chi connectivity index (χ2n) is 7.40. The molecule has 1 fully saturated rings. The van der Waals surface area contributed by atoms with Crippen LogP contribution in [-0.4, -0.2) is 44.2 Å². The average molecular weight is 447 g/mol. The van der Waals surface area contributed by atoms with Gasteiger partial charge in [0, 0.05) is 40.1 Å². The molecule has 6 nitrogen and oxygen atoms in total. The number of benzene rings is 2. The topological polar surface area (TPSA) is 79.5 Å². The minimum absolute atomic E-state index is 0.198. The van der Waals surface area contributed by atoms with E-state index in [9.17, 15) is 13.2 Å². The molecule has 1 N–H and O–H groups in total. The summed E-state index contributed by atoms with van der Waals surface area (Å²) in [4.78, 5) is 15.4. The number of methoxy groups -OCH3 is 1. The summed E-state index contributed by atoms with van der Waals surface area (Å²) < 4.78 is 33.4. The number of rotatable bonds is 5. The molecule has 0 atom stereocenters. The Balaban J connectivity index is 1.85. The zero-order valence-electron chi connectivity index (χ0n) is 16.7. The smallest absolute Gasteiger partial charge is 0.243 e. The molecule has 8 heteroatoms. The summed E-state index contributed by atoms with van der Waals surface area (Å²) in [7, 11) is -2.08. The van der Waals surface area contributed by atoms with Crippen LogP contribution in [0.25, 0.3) is 22.2 Å². The number of sulfonamides is 1. The summed E-state index contributed by atoms with van der Waals surface area (Å²) in [6, 6.07) is 10.0. The molecule has 1 aliphatic heterocycles. The van der Waals surface area contributed by atoms with E-state index < -0.39 is 10.0 Å². The van der Waals surface area contributed by atoms with Crippen LogP contribution in [0.2, 0.25) is 5.02 Å². The van der Waals surface area contributed by atoms with Gasteiger partial charge in [-0.05, 0) is 49.2 Å². The molecule has 0 spiro atoms.